The molecule has 7 nitrogen and oxygen atoms in total. The highest BCUT2D eigenvalue weighted by Gasteiger charge is 2.49. The predicted octanol–water partition coefficient (Wildman–Crippen LogP) is 4.56. The second kappa shape index (κ2) is 10.9. The van der Waals surface area contributed by atoms with Gasteiger partial charge in [0.2, 0.25) is 0 Å². The van der Waals surface area contributed by atoms with Crippen LogP contribution >= 0.6 is 0 Å². The number of hydrogen-bond acceptors (Lipinski definition) is 5. The fraction of sp³-hybridized carbons (Fsp3) is 0.759. The monoisotopic (exact) mass is 497 g/mol. The fourth-order valence-corrected chi connectivity index (χ4v) is 7.99. The van der Waals surface area contributed by atoms with Crippen LogP contribution in [0.3, 0.4) is 0 Å². The number of carbonyl (C=O) groups is 1. The molecule has 5 aliphatic carbocycles. The van der Waals surface area contributed by atoms with Crippen LogP contribution in [0, 0.1) is 23.7 Å². The molecule has 1 heterocycles. The highest BCUT2D eigenvalue weighted by molar-refractivity contribution is 5.72. The molecular formula is C29H43N3O4. The molecular weight excluding hydrogens is 454 g/mol. The Morgan fingerprint density at radius 3 is 2.08 bits per heavy atom. The van der Waals surface area contributed by atoms with E-state index in [0.29, 0.717) is 31.7 Å². The lowest BCUT2D eigenvalue weighted by Crippen LogP contribution is -2.51. The molecule has 7 rings (SSSR count). The lowest BCUT2D eigenvalue weighted by atomic mass is 9.55. The molecule has 4 bridgehead atoms. The molecule has 2 amide bonds. The zero-order valence-corrected chi connectivity index (χ0v) is 21.6. The molecule has 6 aliphatic rings. The number of piperazine rings is 1. The summed E-state index contributed by atoms with van der Waals surface area (Å²) in [6.45, 7) is 4.63. The minimum absolute atomic E-state index is 0.255. The Labute approximate surface area is 215 Å². The number of carbonyl (C=O) groups excluding carboxylic acids is 1. The van der Waals surface area contributed by atoms with Crippen LogP contribution in [-0.2, 0) is 9.78 Å². The van der Waals surface area contributed by atoms with E-state index in [0.717, 1.165) is 74.7 Å². The molecule has 5 saturated carbocycles. The summed E-state index contributed by atoms with van der Waals surface area (Å²) in [6, 6.07) is 8.37. The number of benzene rings is 1. The number of nitrogens with zero attached hydrogens (tertiary/aromatic N) is 2. The van der Waals surface area contributed by atoms with Crippen LogP contribution in [0.4, 0.5) is 4.79 Å². The summed E-state index contributed by atoms with van der Waals surface area (Å²) < 4.78 is 5.99. The summed E-state index contributed by atoms with van der Waals surface area (Å²) in [5.41, 5.74) is 6.76. The maximum absolute atomic E-state index is 11.2. The molecule has 1 aliphatic heterocycles. The van der Waals surface area contributed by atoms with Crippen LogP contribution in [-0.4, -0.2) is 67.4 Å². The Morgan fingerprint density at radius 2 is 1.47 bits per heavy atom. The van der Waals surface area contributed by atoms with Gasteiger partial charge < -0.3 is 15.4 Å². The van der Waals surface area contributed by atoms with Gasteiger partial charge in [-0.15, -0.1) is 0 Å². The van der Waals surface area contributed by atoms with Crippen molar-refractivity contribution < 1.29 is 19.3 Å². The van der Waals surface area contributed by atoms with Crippen molar-refractivity contribution in [3.05, 3.63) is 29.8 Å². The van der Waals surface area contributed by atoms with Crippen molar-refractivity contribution in [3.63, 3.8) is 0 Å². The first kappa shape index (κ1) is 24.5. The van der Waals surface area contributed by atoms with Crippen LogP contribution in [0.15, 0.2) is 24.3 Å². The molecule has 198 valence electrons. The third-order valence-corrected chi connectivity index (χ3v) is 9.83. The van der Waals surface area contributed by atoms with E-state index < -0.39 is 0 Å². The predicted molar refractivity (Wildman–Crippen MR) is 138 cm³/mol. The number of ether oxygens (including phenoxy) is 1. The van der Waals surface area contributed by atoms with Gasteiger partial charge in [0.25, 0.3) is 0 Å². The third kappa shape index (κ3) is 5.53. The van der Waals surface area contributed by atoms with Crippen molar-refractivity contribution in [2.75, 3.05) is 39.3 Å². The fourth-order valence-electron chi connectivity index (χ4n) is 7.99. The van der Waals surface area contributed by atoms with Gasteiger partial charge in [-0.3, -0.25) is 4.90 Å². The highest BCUT2D eigenvalue weighted by atomic mass is 17.2. The minimum Gasteiger partial charge on any atom is -0.492 e. The maximum atomic E-state index is 11.2. The van der Waals surface area contributed by atoms with Crippen LogP contribution in [0.2, 0.25) is 0 Å². The van der Waals surface area contributed by atoms with Gasteiger partial charge in [0.15, 0.2) is 0 Å². The van der Waals surface area contributed by atoms with Gasteiger partial charge >= 0.3 is 6.03 Å². The lowest BCUT2D eigenvalue weighted by molar-refractivity contribution is -0.383. The van der Waals surface area contributed by atoms with E-state index in [4.69, 9.17) is 20.2 Å². The smallest absolute Gasteiger partial charge is 0.314 e. The van der Waals surface area contributed by atoms with Gasteiger partial charge in [-0.2, -0.15) is 0 Å². The summed E-state index contributed by atoms with van der Waals surface area (Å²) >= 11 is 0. The first-order valence-electron chi connectivity index (χ1n) is 14.4. The average Bonchev–Trinajstić information content (AvgIpc) is 2.89. The normalized spacial score (nSPS) is 36.2. The number of nitrogens with two attached hydrogens (primary N) is 1. The molecule has 0 aromatic heterocycles. The second-order valence-electron chi connectivity index (χ2n) is 12.1. The van der Waals surface area contributed by atoms with Crippen LogP contribution in [0.25, 0.3) is 0 Å². The van der Waals surface area contributed by atoms with E-state index >= 15 is 0 Å². The van der Waals surface area contributed by atoms with Gasteiger partial charge in [0, 0.05) is 32.7 Å². The van der Waals surface area contributed by atoms with Crippen molar-refractivity contribution in [2.24, 2.45) is 29.4 Å². The van der Waals surface area contributed by atoms with Gasteiger partial charge in [0.1, 0.15) is 12.4 Å². The molecule has 2 N–H and O–H groups in total. The third-order valence-electron chi connectivity index (χ3n) is 9.83. The van der Waals surface area contributed by atoms with Crippen molar-refractivity contribution in [1.82, 2.24) is 9.80 Å². The van der Waals surface area contributed by atoms with Gasteiger partial charge in [-0.25, -0.2) is 14.6 Å². The average molecular weight is 498 g/mol. The quantitative estimate of drug-likeness (QED) is 0.421. The summed E-state index contributed by atoms with van der Waals surface area (Å²) in [5, 5.41) is 0. The highest BCUT2D eigenvalue weighted by Crippen LogP contribution is 2.54. The number of rotatable bonds is 8. The molecule has 1 aromatic rings. The van der Waals surface area contributed by atoms with Gasteiger partial charge in [0.05, 0.1) is 12.2 Å². The van der Waals surface area contributed by atoms with E-state index in [1.807, 2.05) is 0 Å². The molecule has 36 heavy (non-hydrogen) atoms. The molecule has 1 aromatic carbocycles. The van der Waals surface area contributed by atoms with E-state index in [1.54, 1.807) is 4.90 Å². The standard InChI is InChI=1S/C29H43N3O4/c30-29(33)32-11-9-31(10-12-32)13-14-34-26-5-1-22(2-6-26)23-3-7-27(8-4-23)35-36-28-24-16-20-15-21(18-24)19-25(28)17-20/h1-2,5-6,20-21,23-25,27-28H,3-4,7-19H2,(H2,30,33). The van der Waals surface area contributed by atoms with Crippen molar-refractivity contribution >= 4 is 6.03 Å². The topological polar surface area (TPSA) is 77.3 Å². The number of amides is 2. The Kier molecular flexibility index (Phi) is 7.41. The lowest BCUT2D eigenvalue weighted by Gasteiger charge is -2.53. The minimum atomic E-state index is -0.321. The second-order valence-corrected chi connectivity index (χ2v) is 12.1. The number of primary amides is 1. The van der Waals surface area contributed by atoms with Crippen molar-refractivity contribution in [1.29, 1.82) is 0 Å². The molecule has 0 unspecified atom stereocenters. The Balaban J connectivity index is 0.892. The largest absolute Gasteiger partial charge is 0.492 e. The van der Waals surface area contributed by atoms with E-state index in [-0.39, 0.29) is 12.1 Å². The SMILES string of the molecule is NC(=O)N1CCN(CCOc2ccc(C3CCC(OOC4C5CC6CC(C5)CC4C6)CC3)cc2)CC1. The Bertz CT molecular complexity index is 849. The first-order valence-corrected chi connectivity index (χ1v) is 14.4. The molecule has 7 heteroatoms. The molecule has 0 radical (unpaired) electrons. The molecule has 0 atom stereocenters. The van der Waals surface area contributed by atoms with Crippen molar-refractivity contribution in [3.8, 4) is 5.75 Å². The van der Waals surface area contributed by atoms with Gasteiger partial charge in [-0.05, 0) is 105 Å². The summed E-state index contributed by atoms with van der Waals surface area (Å²) in [6.07, 6.45) is 12.1. The van der Waals surface area contributed by atoms with E-state index in [9.17, 15) is 4.79 Å². The van der Waals surface area contributed by atoms with Crippen molar-refractivity contribution in [2.45, 2.75) is 75.9 Å². The summed E-state index contributed by atoms with van der Waals surface area (Å²) in [4.78, 5) is 27.5. The van der Waals surface area contributed by atoms with Crippen LogP contribution in [0.5, 0.6) is 5.75 Å². The molecule has 1 saturated heterocycles. The van der Waals surface area contributed by atoms with Gasteiger partial charge in [-0.1, -0.05) is 12.1 Å². The number of urea groups is 1. The maximum Gasteiger partial charge on any atom is 0.314 e. The van der Waals surface area contributed by atoms with Crippen LogP contribution < -0.4 is 10.5 Å². The summed E-state index contributed by atoms with van der Waals surface area (Å²) in [5.74, 6) is 4.99. The Hall–Kier alpha value is -1.83. The number of hydrogen-bond donors (Lipinski definition) is 1. The summed E-state index contributed by atoms with van der Waals surface area (Å²) in [7, 11) is 0. The Morgan fingerprint density at radius 1 is 0.833 bits per heavy atom. The zero-order valence-electron chi connectivity index (χ0n) is 21.6. The van der Waals surface area contributed by atoms with E-state index in [2.05, 4.69) is 29.2 Å². The first-order chi connectivity index (χ1) is 17.6. The molecule has 0 spiro atoms. The molecule has 6 fully saturated rings. The van der Waals surface area contributed by atoms with Crippen LogP contribution in [0.1, 0.15) is 69.3 Å². The van der Waals surface area contributed by atoms with E-state index in [1.165, 1.54) is 37.7 Å². The zero-order chi connectivity index (χ0) is 24.5.